The van der Waals surface area contributed by atoms with Gasteiger partial charge in [0.25, 0.3) is 5.91 Å². The van der Waals surface area contributed by atoms with Crippen molar-refractivity contribution in [3.8, 4) is 0 Å². The predicted molar refractivity (Wildman–Crippen MR) is 68.7 cm³/mol. The summed E-state index contributed by atoms with van der Waals surface area (Å²) in [5, 5.41) is 11.3. The summed E-state index contributed by atoms with van der Waals surface area (Å²) in [7, 11) is 0. The number of nitrogens with zero attached hydrogens (tertiary/aromatic N) is 1. The number of fused-ring (bicyclic) bond motifs is 1. The van der Waals surface area contributed by atoms with Gasteiger partial charge in [0.05, 0.1) is 5.69 Å². The molecule has 0 atom stereocenters. The first-order chi connectivity index (χ1) is 8.27. The van der Waals surface area contributed by atoms with Gasteiger partial charge in [-0.05, 0) is 17.5 Å². The summed E-state index contributed by atoms with van der Waals surface area (Å²) in [5.74, 6) is -0.316. The smallest absolute Gasteiger partial charge is 0.252 e. The first-order valence-electron chi connectivity index (χ1n) is 5.30. The van der Waals surface area contributed by atoms with Crippen LogP contribution >= 0.6 is 0 Å². The van der Waals surface area contributed by atoms with E-state index in [1.54, 1.807) is 6.07 Å². The Labute approximate surface area is 99.6 Å². The minimum Gasteiger partial charge on any atom is -0.376 e. The standard InChI is InChI=1S/C14H13NO2/c1-2-14(17)15(10-16)13-9-5-7-11-6-3-4-8-12(11)13/h2-9,16H,1,10H2. The lowest BCUT2D eigenvalue weighted by Gasteiger charge is -2.20. The van der Waals surface area contributed by atoms with E-state index in [1.165, 1.54) is 11.0 Å². The molecule has 1 N–H and O–H groups in total. The highest BCUT2D eigenvalue weighted by Crippen LogP contribution is 2.26. The van der Waals surface area contributed by atoms with Gasteiger partial charge in [0.15, 0.2) is 0 Å². The number of amides is 1. The molecule has 0 fully saturated rings. The Morgan fingerprint density at radius 3 is 2.65 bits per heavy atom. The van der Waals surface area contributed by atoms with E-state index in [4.69, 9.17) is 0 Å². The Kier molecular flexibility index (Phi) is 3.21. The second-order valence-corrected chi connectivity index (χ2v) is 3.61. The molecule has 0 heterocycles. The molecule has 86 valence electrons. The third-order valence-electron chi connectivity index (χ3n) is 2.64. The zero-order chi connectivity index (χ0) is 12.3. The predicted octanol–water partition coefficient (Wildman–Crippen LogP) is 2.31. The fraction of sp³-hybridized carbons (Fsp3) is 0.0714. The number of rotatable bonds is 3. The lowest BCUT2D eigenvalue weighted by Crippen LogP contribution is -2.30. The van der Waals surface area contributed by atoms with Gasteiger partial charge in [0, 0.05) is 5.39 Å². The molecule has 2 rings (SSSR count). The van der Waals surface area contributed by atoms with Crippen molar-refractivity contribution >= 4 is 22.4 Å². The minimum absolute atomic E-state index is 0.316. The Morgan fingerprint density at radius 2 is 1.94 bits per heavy atom. The molecule has 0 aliphatic rings. The number of aliphatic hydroxyl groups excluding tert-OH is 1. The molecule has 0 radical (unpaired) electrons. The lowest BCUT2D eigenvalue weighted by atomic mass is 10.1. The van der Waals surface area contributed by atoms with Crippen molar-refractivity contribution in [3.05, 3.63) is 55.1 Å². The summed E-state index contributed by atoms with van der Waals surface area (Å²) in [4.78, 5) is 12.9. The molecule has 0 aliphatic heterocycles. The van der Waals surface area contributed by atoms with Crippen LogP contribution in [0.15, 0.2) is 55.1 Å². The fourth-order valence-corrected chi connectivity index (χ4v) is 1.82. The molecule has 0 saturated carbocycles. The van der Waals surface area contributed by atoms with E-state index in [0.29, 0.717) is 5.69 Å². The average Bonchev–Trinajstić information content (AvgIpc) is 2.39. The summed E-state index contributed by atoms with van der Waals surface area (Å²) >= 11 is 0. The van der Waals surface area contributed by atoms with Gasteiger partial charge < -0.3 is 5.11 Å². The molecular weight excluding hydrogens is 214 g/mol. The summed E-state index contributed by atoms with van der Waals surface area (Å²) in [6.07, 6.45) is 1.19. The van der Waals surface area contributed by atoms with Crippen molar-refractivity contribution < 1.29 is 9.90 Å². The highest BCUT2D eigenvalue weighted by molar-refractivity contribution is 6.07. The third-order valence-corrected chi connectivity index (χ3v) is 2.64. The number of carbonyl (C=O) groups excluding carboxylic acids is 1. The van der Waals surface area contributed by atoms with E-state index >= 15 is 0 Å². The number of carbonyl (C=O) groups is 1. The molecule has 0 spiro atoms. The highest BCUT2D eigenvalue weighted by atomic mass is 16.3. The quantitative estimate of drug-likeness (QED) is 0.645. The Balaban J connectivity index is 2.61. The molecule has 0 saturated heterocycles. The molecule has 2 aromatic rings. The molecule has 0 aliphatic carbocycles. The molecule has 3 heteroatoms. The number of anilines is 1. The lowest BCUT2D eigenvalue weighted by molar-refractivity contribution is -0.114. The van der Waals surface area contributed by atoms with Crippen molar-refractivity contribution in [1.82, 2.24) is 0 Å². The number of hydrogen-bond donors (Lipinski definition) is 1. The Hall–Kier alpha value is -2.13. The maximum atomic E-state index is 11.6. The van der Waals surface area contributed by atoms with Gasteiger partial charge in [-0.15, -0.1) is 0 Å². The van der Waals surface area contributed by atoms with Crippen LogP contribution in [0.25, 0.3) is 10.8 Å². The molecule has 0 unspecified atom stereocenters. The van der Waals surface area contributed by atoms with E-state index in [9.17, 15) is 9.90 Å². The maximum Gasteiger partial charge on any atom is 0.252 e. The largest absolute Gasteiger partial charge is 0.376 e. The van der Waals surface area contributed by atoms with E-state index < -0.39 is 0 Å². The average molecular weight is 227 g/mol. The number of hydrogen-bond acceptors (Lipinski definition) is 2. The molecule has 2 aromatic carbocycles. The van der Waals surface area contributed by atoms with Gasteiger partial charge in [-0.1, -0.05) is 43.0 Å². The SMILES string of the molecule is C=CC(=O)N(CO)c1cccc2ccccc12. The van der Waals surface area contributed by atoms with Crippen LogP contribution in [0.1, 0.15) is 0 Å². The van der Waals surface area contributed by atoms with Gasteiger partial charge in [-0.3, -0.25) is 9.69 Å². The van der Waals surface area contributed by atoms with Gasteiger partial charge >= 0.3 is 0 Å². The number of benzene rings is 2. The monoisotopic (exact) mass is 227 g/mol. The zero-order valence-corrected chi connectivity index (χ0v) is 9.34. The van der Waals surface area contributed by atoms with Crippen molar-refractivity contribution in [1.29, 1.82) is 0 Å². The van der Waals surface area contributed by atoms with E-state index in [-0.39, 0.29) is 12.6 Å². The van der Waals surface area contributed by atoms with Crippen LogP contribution in [-0.4, -0.2) is 17.7 Å². The second-order valence-electron chi connectivity index (χ2n) is 3.61. The Bertz CT molecular complexity index is 558. The van der Waals surface area contributed by atoms with E-state index in [1.807, 2.05) is 36.4 Å². The van der Waals surface area contributed by atoms with Crippen LogP contribution in [0.3, 0.4) is 0 Å². The van der Waals surface area contributed by atoms with Crippen molar-refractivity contribution in [2.45, 2.75) is 0 Å². The molecule has 1 amide bonds. The van der Waals surface area contributed by atoms with E-state index in [0.717, 1.165) is 10.8 Å². The zero-order valence-electron chi connectivity index (χ0n) is 9.34. The molecule has 3 nitrogen and oxygen atoms in total. The summed E-state index contributed by atoms with van der Waals surface area (Å²) in [5.41, 5.74) is 0.690. The van der Waals surface area contributed by atoms with Crippen LogP contribution in [0, 0.1) is 0 Å². The van der Waals surface area contributed by atoms with Crippen molar-refractivity contribution in [3.63, 3.8) is 0 Å². The summed E-state index contributed by atoms with van der Waals surface area (Å²) in [6, 6.07) is 13.4. The summed E-state index contributed by atoms with van der Waals surface area (Å²) < 4.78 is 0. The second kappa shape index (κ2) is 4.80. The van der Waals surface area contributed by atoms with Crippen LogP contribution < -0.4 is 4.90 Å². The van der Waals surface area contributed by atoms with Crippen LogP contribution in [0.5, 0.6) is 0 Å². The third kappa shape index (κ3) is 2.05. The van der Waals surface area contributed by atoms with Crippen LogP contribution in [0.4, 0.5) is 5.69 Å². The van der Waals surface area contributed by atoms with Crippen molar-refractivity contribution in [2.24, 2.45) is 0 Å². The first-order valence-corrected chi connectivity index (χ1v) is 5.30. The number of aliphatic hydroxyl groups is 1. The first kappa shape index (κ1) is 11.4. The topological polar surface area (TPSA) is 40.5 Å². The minimum atomic E-state index is -0.362. The Morgan fingerprint density at radius 1 is 1.24 bits per heavy atom. The maximum absolute atomic E-state index is 11.6. The van der Waals surface area contributed by atoms with Gasteiger partial charge in [-0.25, -0.2) is 0 Å². The van der Waals surface area contributed by atoms with Gasteiger partial charge in [-0.2, -0.15) is 0 Å². The van der Waals surface area contributed by atoms with Crippen LogP contribution in [-0.2, 0) is 4.79 Å². The van der Waals surface area contributed by atoms with Gasteiger partial charge in [0.1, 0.15) is 6.73 Å². The fourth-order valence-electron chi connectivity index (χ4n) is 1.82. The summed E-state index contributed by atoms with van der Waals surface area (Å²) in [6.45, 7) is 3.07. The van der Waals surface area contributed by atoms with Gasteiger partial charge in [0.2, 0.25) is 0 Å². The highest BCUT2D eigenvalue weighted by Gasteiger charge is 2.13. The molecule has 0 aromatic heterocycles. The molecular formula is C14H13NO2. The van der Waals surface area contributed by atoms with Crippen LogP contribution in [0.2, 0.25) is 0 Å². The van der Waals surface area contributed by atoms with E-state index in [2.05, 4.69) is 6.58 Å². The van der Waals surface area contributed by atoms with Crippen molar-refractivity contribution in [2.75, 3.05) is 11.6 Å². The molecule has 0 bridgehead atoms. The molecule has 17 heavy (non-hydrogen) atoms. The normalized spacial score (nSPS) is 10.2.